The molecule has 6 heteroatoms. The zero-order valence-corrected chi connectivity index (χ0v) is 11.4. The van der Waals surface area contributed by atoms with Gasteiger partial charge in [-0.15, -0.1) is 0 Å². The number of sulfonamides is 1. The lowest BCUT2D eigenvalue weighted by molar-refractivity contribution is 0.203. The van der Waals surface area contributed by atoms with Crippen LogP contribution in [-0.2, 0) is 17.1 Å². The molecule has 1 aromatic rings. The molecule has 0 aromatic carbocycles. The van der Waals surface area contributed by atoms with Gasteiger partial charge in [0.2, 0.25) is 10.0 Å². The Labute approximate surface area is 108 Å². The minimum Gasteiger partial charge on any atom is -0.396 e. The number of piperidine rings is 1. The maximum Gasteiger partial charge on any atom is 0.244 e. The van der Waals surface area contributed by atoms with Crippen molar-refractivity contribution in [2.45, 2.75) is 24.2 Å². The molecule has 102 valence electrons. The number of rotatable bonds is 4. The van der Waals surface area contributed by atoms with Crippen LogP contribution in [0.1, 0.15) is 19.3 Å². The van der Waals surface area contributed by atoms with Crippen molar-refractivity contribution >= 4 is 10.0 Å². The first-order valence-electron chi connectivity index (χ1n) is 6.27. The summed E-state index contributed by atoms with van der Waals surface area (Å²) in [5.74, 6) is 0.280. The fourth-order valence-electron chi connectivity index (χ4n) is 2.44. The van der Waals surface area contributed by atoms with Crippen molar-refractivity contribution in [3.8, 4) is 0 Å². The number of nitrogens with zero attached hydrogens (tertiary/aromatic N) is 2. The van der Waals surface area contributed by atoms with Gasteiger partial charge in [-0.2, -0.15) is 4.31 Å². The molecule has 1 fully saturated rings. The van der Waals surface area contributed by atoms with Gasteiger partial charge in [-0.05, 0) is 31.2 Å². The number of aryl methyl sites for hydroxylation is 1. The highest BCUT2D eigenvalue weighted by atomic mass is 32.2. The van der Waals surface area contributed by atoms with Crippen LogP contribution in [0.15, 0.2) is 23.4 Å². The summed E-state index contributed by atoms with van der Waals surface area (Å²) in [6.45, 7) is 1.24. The number of hydrogen-bond acceptors (Lipinski definition) is 3. The molecule has 1 atom stereocenters. The van der Waals surface area contributed by atoms with Gasteiger partial charge in [-0.3, -0.25) is 0 Å². The lowest BCUT2D eigenvalue weighted by Crippen LogP contribution is -2.40. The fourth-order valence-corrected chi connectivity index (χ4v) is 4.05. The number of aromatic nitrogens is 1. The first kappa shape index (κ1) is 13.6. The Balaban J connectivity index is 2.15. The number of hydrogen-bond donors (Lipinski definition) is 1. The lowest BCUT2D eigenvalue weighted by atomic mass is 9.97. The van der Waals surface area contributed by atoms with E-state index in [2.05, 4.69) is 0 Å². The van der Waals surface area contributed by atoms with Gasteiger partial charge < -0.3 is 9.67 Å². The summed E-state index contributed by atoms with van der Waals surface area (Å²) in [4.78, 5) is 0.356. The Bertz CT molecular complexity index is 493. The highest BCUT2D eigenvalue weighted by Crippen LogP contribution is 2.25. The molecule has 1 saturated heterocycles. The molecule has 1 unspecified atom stereocenters. The molecule has 0 bridgehead atoms. The molecule has 18 heavy (non-hydrogen) atoms. The summed E-state index contributed by atoms with van der Waals surface area (Å²) in [6, 6.07) is 1.63. The van der Waals surface area contributed by atoms with Gasteiger partial charge in [0.05, 0.1) is 4.90 Å². The zero-order chi connectivity index (χ0) is 13.2. The van der Waals surface area contributed by atoms with Crippen molar-refractivity contribution in [3.63, 3.8) is 0 Å². The SMILES string of the molecule is Cn1ccc(S(=O)(=O)N2CCCC(CCO)C2)c1. The van der Waals surface area contributed by atoms with Gasteiger partial charge in [-0.25, -0.2) is 8.42 Å². The number of aliphatic hydroxyl groups is 1. The van der Waals surface area contributed by atoms with Crippen molar-refractivity contribution < 1.29 is 13.5 Å². The normalized spacial score (nSPS) is 22.2. The molecule has 1 aliphatic heterocycles. The van der Waals surface area contributed by atoms with Crippen molar-refractivity contribution in [2.75, 3.05) is 19.7 Å². The Morgan fingerprint density at radius 1 is 1.50 bits per heavy atom. The maximum absolute atomic E-state index is 12.4. The van der Waals surface area contributed by atoms with Crippen LogP contribution in [-0.4, -0.2) is 42.1 Å². The van der Waals surface area contributed by atoms with E-state index in [0.29, 0.717) is 24.4 Å². The standard InChI is InChI=1S/C12H20N2O3S/c1-13-7-4-12(10-13)18(16,17)14-6-2-3-11(9-14)5-8-15/h4,7,10-11,15H,2-3,5-6,8-9H2,1H3. The van der Waals surface area contributed by atoms with E-state index in [1.165, 1.54) is 0 Å². The molecular weight excluding hydrogens is 252 g/mol. The van der Waals surface area contributed by atoms with Crippen LogP contribution in [0.5, 0.6) is 0 Å². The molecule has 0 amide bonds. The predicted molar refractivity (Wildman–Crippen MR) is 68.6 cm³/mol. The topological polar surface area (TPSA) is 62.5 Å². The van der Waals surface area contributed by atoms with Gasteiger partial charge in [0.25, 0.3) is 0 Å². The minimum absolute atomic E-state index is 0.129. The highest BCUT2D eigenvalue weighted by Gasteiger charge is 2.30. The molecule has 1 N–H and O–H groups in total. The van der Waals surface area contributed by atoms with Crippen LogP contribution < -0.4 is 0 Å². The summed E-state index contributed by atoms with van der Waals surface area (Å²) in [7, 11) is -1.55. The van der Waals surface area contributed by atoms with Gasteiger partial charge in [0.15, 0.2) is 0 Å². The second-order valence-corrected chi connectivity index (χ2v) is 6.83. The molecule has 2 rings (SSSR count). The molecule has 0 saturated carbocycles. The minimum atomic E-state index is -3.36. The van der Waals surface area contributed by atoms with E-state index in [9.17, 15) is 8.42 Å². The van der Waals surface area contributed by atoms with Crippen LogP contribution in [0.2, 0.25) is 0 Å². The first-order chi connectivity index (χ1) is 8.54. The quantitative estimate of drug-likeness (QED) is 0.882. The summed E-state index contributed by atoms with van der Waals surface area (Å²) < 4.78 is 28.1. The second kappa shape index (κ2) is 5.42. The van der Waals surface area contributed by atoms with Crippen LogP contribution in [0.25, 0.3) is 0 Å². The van der Waals surface area contributed by atoms with E-state index < -0.39 is 10.0 Å². The maximum atomic E-state index is 12.4. The van der Waals surface area contributed by atoms with Crippen LogP contribution in [0, 0.1) is 5.92 Å². The van der Waals surface area contributed by atoms with Gasteiger partial charge >= 0.3 is 0 Å². The summed E-state index contributed by atoms with van der Waals surface area (Å²) in [5, 5.41) is 8.96. The summed E-state index contributed by atoms with van der Waals surface area (Å²) >= 11 is 0. The second-order valence-electron chi connectivity index (χ2n) is 4.90. The van der Waals surface area contributed by atoms with Crippen LogP contribution >= 0.6 is 0 Å². The largest absolute Gasteiger partial charge is 0.396 e. The predicted octanol–water partition coefficient (Wildman–Crippen LogP) is 0.808. The summed E-state index contributed by atoms with van der Waals surface area (Å²) in [5.41, 5.74) is 0. The van der Waals surface area contributed by atoms with Crippen molar-refractivity contribution in [1.82, 2.24) is 8.87 Å². The molecule has 0 radical (unpaired) electrons. The number of aliphatic hydroxyl groups excluding tert-OH is 1. The van der Waals surface area contributed by atoms with Gasteiger partial charge in [0, 0.05) is 39.1 Å². The first-order valence-corrected chi connectivity index (χ1v) is 7.71. The molecule has 1 aromatic heterocycles. The van der Waals surface area contributed by atoms with Gasteiger partial charge in [0.1, 0.15) is 0 Å². The van der Waals surface area contributed by atoms with Crippen molar-refractivity contribution in [3.05, 3.63) is 18.5 Å². The van der Waals surface area contributed by atoms with Gasteiger partial charge in [-0.1, -0.05) is 0 Å². The molecular formula is C12H20N2O3S. The third kappa shape index (κ3) is 2.76. The zero-order valence-electron chi connectivity index (χ0n) is 10.6. The van der Waals surface area contributed by atoms with Crippen LogP contribution in [0.3, 0.4) is 0 Å². The summed E-state index contributed by atoms with van der Waals surface area (Å²) in [6.07, 6.45) is 5.92. The molecule has 0 aliphatic carbocycles. The van der Waals surface area contributed by atoms with Crippen LogP contribution in [0.4, 0.5) is 0 Å². The highest BCUT2D eigenvalue weighted by molar-refractivity contribution is 7.89. The fraction of sp³-hybridized carbons (Fsp3) is 0.667. The van der Waals surface area contributed by atoms with E-state index in [0.717, 1.165) is 12.8 Å². The Kier molecular flexibility index (Phi) is 4.09. The third-order valence-corrected chi connectivity index (χ3v) is 5.31. The van der Waals surface area contributed by atoms with E-state index >= 15 is 0 Å². The Hall–Kier alpha value is -0.850. The van der Waals surface area contributed by atoms with E-state index in [4.69, 9.17) is 5.11 Å². The average molecular weight is 272 g/mol. The third-order valence-electron chi connectivity index (χ3n) is 3.46. The Morgan fingerprint density at radius 3 is 2.89 bits per heavy atom. The molecule has 0 spiro atoms. The van der Waals surface area contributed by atoms with Crippen molar-refractivity contribution in [2.24, 2.45) is 13.0 Å². The lowest BCUT2D eigenvalue weighted by Gasteiger charge is -2.31. The molecule has 1 aliphatic rings. The van der Waals surface area contributed by atoms with Crippen molar-refractivity contribution in [1.29, 1.82) is 0 Å². The average Bonchev–Trinajstić information content (AvgIpc) is 2.77. The Morgan fingerprint density at radius 2 is 2.28 bits per heavy atom. The van der Waals surface area contributed by atoms with E-state index in [1.54, 1.807) is 27.3 Å². The smallest absolute Gasteiger partial charge is 0.244 e. The molecule has 5 nitrogen and oxygen atoms in total. The monoisotopic (exact) mass is 272 g/mol. The van der Waals surface area contributed by atoms with E-state index in [1.807, 2.05) is 7.05 Å². The molecule has 2 heterocycles. The van der Waals surface area contributed by atoms with E-state index in [-0.39, 0.29) is 12.5 Å².